The second-order valence-electron chi connectivity index (χ2n) is 5.81. The van der Waals surface area contributed by atoms with Crippen LogP contribution in [-0.2, 0) is 4.79 Å². The smallest absolute Gasteiger partial charge is 0.317 e. The van der Waals surface area contributed by atoms with Crippen LogP contribution < -0.4 is 19.5 Å². The van der Waals surface area contributed by atoms with E-state index in [0.717, 1.165) is 11.3 Å². The molecule has 0 aliphatic rings. The van der Waals surface area contributed by atoms with Gasteiger partial charge in [-0.05, 0) is 30.3 Å². The molecule has 3 rings (SSSR count). The van der Waals surface area contributed by atoms with Gasteiger partial charge in [0.1, 0.15) is 17.2 Å². The van der Waals surface area contributed by atoms with Gasteiger partial charge in [-0.25, -0.2) is 4.98 Å². The van der Waals surface area contributed by atoms with Crippen LogP contribution in [0.3, 0.4) is 0 Å². The lowest BCUT2D eigenvalue weighted by Gasteiger charge is -2.11. The maximum atomic E-state index is 14.1. The van der Waals surface area contributed by atoms with Gasteiger partial charge in [-0.1, -0.05) is 11.3 Å². The van der Waals surface area contributed by atoms with E-state index in [1.54, 1.807) is 18.2 Å². The Hall–Kier alpha value is -3.73. The Bertz CT molecular complexity index is 1060. The van der Waals surface area contributed by atoms with Crippen molar-refractivity contribution in [3.63, 3.8) is 0 Å². The summed E-state index contributed by atoms with van der Waals surface area (Å²) in [6, 6.07) is 10.3. The summed E-state index contributed by atoms with van der Waals surface area (Å²) in [4.78, 5) is 27.1. The molecule has 1 amide bonds. The lowest BCUT2D eigenvalue weighted by Crippen LogP contribution is -2.28. The molecule has 3 aromatic rings. The van der Waals surface area contributed by atoms with E-state index in [1.165, 1.54) is 44.7 Å². The topological polar surface area (TPSA) is 113 Å². The Balaban J connectivity index is 1.69. The summed E-state index contributed by atoms with van der Waals surface area (Å²) >= 11 is 1.02. The van der Waals surface area contributed by atoms with Crippen LogP contribution in [0.5, 0.6) is 17.2 Å². The number of anilines is 1. The zero-order chi connectivity index (χ0) is 21.7. The number of hydrogen-bond donors (Lipinski definition) is 1. The fraction of sp³-hybridized carbons (Fsp3) is 0.158. The minimum Gasteiger partial charge on any atom is -0.497 e. The van der Waals surface area contributed by atoms with Crippen molar-refractivity contribution < 1.29 is 28.3 Å². The number of nitrogens with one attached hydrogen (secondary N) is 1. The molecule has 0 saturated heterocycles. The van der Waals surface area contributed by atoms with Crippen molar-refractivity contribution in [1.82, 2.24) is 4.98 Å². The van der Waals surface area contributed by atoms with Crippen LogP contribution in [0.1, 0.15) is 0 Å². The molecule has 1 unspecified atom stereocenters. The van der Waals surface area contributed by atoms with Crippen LogP contribution in [0, 0.1) is 10.1 Å². The normalized spacial score (nSPS) is 11.4. The van der Waals surface area contributed by atoms with Gasteiger partial charge in [-0.2, -0.15) is 4.39 Å². The first-order valence-corrected chi connectivity index (χ1v) is 9.26. The molecule has 0 aliphatic carbocycles. The zero-order valence-corrected chi connectivity index (χ0v) is 16.6. The van der Waals surface area contributed by atoms with Gasteiger partial charge < -0.3 is 14.2 Å². The number of halogens is 1. The summed E-state index contributed by atoms with van der Waals surface area (Å²) in [5.74, 6) is -0.0180. The highest BCUT2D eigenvalue weighted by Crippen LogP contribution is 2.34. The molecule has 156 valence electrons. The number of thiazole rings is 1. The van der Waals surface area contributed by atoms with Crippen LogP contribution in [0.4, 0.5) is 15.2 Å². The van der Waals surface area contributed by atoms with Gasteiger partial charge in [0.25, 0.3) is 5.69 Å². The average Bonchev–Trinajstić information content (AvgIpc) is 3.22. The first kappa shape index (κ1) is 21.0. The van der Waals surface area contributed by atoms with Crippen molar-refractivity contribution in [2.75, 3.05) is 19.5 Å². The molecule has 0 radical (unpaired) electrons. The first-order chi connectivity index (χ1) is 14.4. The Labute approximate surface area is 174 Å². The highest BCUT2D eigenvalue weighted by atomic mass is 32.1. The van der Waals surface area contributed by atoms with Gasteiger partial charge in [0.05, 0.1) is 30.1 Å². The molecular formula is C19H16FN3O6S. The fourth-order valence-electron chi connectivity index (χ4n) is 2.40. The van der Waals surface area contributed by atoms with E-state index in [0.29, 0.717) is 21.9 Å². The second-order valence-corrected chi connectivity index (χ2v) is 6.84. The Morgan fingerprint density at radius 1 is 1.13 bits per heavy atom. The second kappa shape index (κ2) is 9.18. The van der Waals surface area contributed by atoms with Gasteiger partial charge in [0.15, 0.2) is 5.13 Å². The van der Waals surface area contributed by atoms with Gasteiger partial charge in [-0.3, -0.25) is 20.2 Å². The number of benzene rings is 2. The van der Waals surface area contributed by atoms with Crippen LogP contribution in [-0.4, -0.2) is 36.4 Å². The highest BCUT2D eigenvalue weighted by molar-refractivity contribution is 7.19. The maximum Gasteiger partial charge on any atom is 0.317 e. The lowest BCUT2D eigenvalue weighted by atomic mass is 10.1. The number of non-ortho nitro benzene ring substituents is 1. The largest absolute Gasteiger partial charge is 0.497 e. The number of nitrogens with zero attached hydrogens (tertiary/aromatic N) is 2. The lowest BCUT2D eigenvalue weighted by molar-refractivity contribution is -0.384. The van der Waals surface area contributed by atoms with E-state index in [1.807, 2.05) is 0 Å². The van der Waals surface area contributed by atoms with Crippen molar-refractivity contribution in [2.45, 2.75) is 6.36 Å². The molecule has 1 N–H and O–H groups in total. The van der Waals surface area contributed by atoms with Crippen LogP contribution in [0.25, 0.3) is 10.4 Å². The number of carbonyl (C=O) groups excluding carboxylic acids is 1. The average molecular weight is 433 g/mol. The number of amides is 1. The molecule has 1 aromatic heterocycles. The third-order valence-corrected chi connectivity index (χ3v) is 4.83. The minimum absolute atomic E-state index is 0.112. The third kappa shape index (κ3) is 5.00. The standard InChI is InChI=1S/C19H16FN3O6S/c1-27-13-3-5-14(6-4-13)29-17(20)18(24)22-19-21-10-16(30-19)11-7-12(23(25)26)9-15(8-11)28-2/h3-10,17H,1-2H3,(H,21,22,24). The van der Waals surface area contributed by atoms with E-state index in [4.69, 9.17) is 14.2 Å². The molecule has 2 aromatic carbocycles. The zero-order valence-electron chi connectivity index (χ0n) is 15.8. The van der Waals surface area contributed by atoms with Crippen LogP contribution >= 0.6 is 11.3 Å². The van der Waals surface area contributed by atoms with Crippen molar-refractivity contribution >= 4 is 28.1 Å². The summed E-state index contributed by atoms with van der Waals surface area (Å²) in [5, 5.41) is 13.5. The van der Waals surface area contributed by atoms with Gasteiger partial charge in [-0.15, -0.1) is 0 Å². The molecular weight excluding hydrogens is 417 g/mol. The number of ether oxygens (including phenoxy) is 3. The van der Waals surface area contributed by atoms with Crippen molar-refractivity contribution in [3.8, 4) is 27.7 Å². The van der Waals surface area contributed by atoms with Crippen molar-refractivity contribution in [1.29, 1.82) is 0 Å². The number of nitro groups is 1. The summed E-state index contributed by atoms with van der Waals surface area (Å²) in [6.07, 6.45) is -0.847. The van der Waals surface area contributed by atoms with Crippen molar-refractivity contribution in [2.24, 2.45) is 0 Å². The summed E-state index contributed by atoms with van der Waals surface area (Å²) < 4.78 is 29.2. The van der Waals surface area contributed by atoms with Gasteiger partial charge >= 0.3 is 12.3 Å². The quantitative estimate of drug-likeness (QED) is 0.421. The van der Waals surface area contributed by atoms with Crippen molar-refractivity contribution in [3.05, 3.63) is 58.8 Å². The number of aromatic nitrogens is 1. The van der Waals surface area contributed by atoms with Crippen LogP contribution in [0.2, 0.25) is 0 Å². The molecule has 1 heterocycles. The molecule has 0 bridgehead atoms. The number of methoxy groups -OCH3 is 2. The van der Waals surface area contributed by atoms with Gasteiger partial charge in [0, 0.05) is 17.8 Å². The van der Waals surface area contributed by atoms with E-state index in [-0.39, 0.29) is 16.6 Å². The monoisotopic (exact) mass is 433 g/mol. The molecule has 11 heteroatoms. The minimum atomic E-state index is -2.26. The Kier molecular flexibility index (Phi) is 6.42. The molecule has 30 heavy (non-hydrogen) atoms. The molecule has 0 spiro atoms. The number of hydrogen-bond acceptors (Lipinski definition) is 8. The number of nitro benzene ring substituents is 1. The molecule has 1 atom stereocenters. The van der Waals surface area contributed by atoms with E-state index in [2.05, 4.69) is 10.3 Å². The molecule has 0 saturated carbocycles. The summed E-state index contributed by atoms with van der Waals surface area (Å²) in [7, 11) is 2.89. The number of carbonyl (C=O) groups is 1. The summed E-state index contributed by atoms with van der Waals surface area (Å²) in [5.41, 5.74) is 0.324. The number of alkyl halides is 1. The summed E-state index contributed by atoms with van der Waals surface area (Å²) in [6.45, 7) is 0. The molecule has 9 nitrogen and oxygen atoms in total. The van der Waals surface area contributed by atoms with E-state index < -0.39 is 17.2 Å². The van der Waals surface area contributed by atoms with E-state index in [9.17, 15) is 19.3 Å². The fourth-order valence-corrected chi connectivity index (χ4v) is 3.21. The number of rotatable bonds is 8. The van der Waals surface area contributed by atoms with Gasteiger partial charge in [0.2, 0.25) is 0 Å². The molecule has 0 aliphatic heterocycles. The predicted octanol–water partition coefficient (Wildman–Crippen LogP) is 4.05. The van der Waals surface area contributed by atoms with E-state index >= 15 is 0 Å². The highest BCUT2D eigenvalue weighted by Gasteiger charge is 2.21. The Morgan fingerprint density at radius 3 is 2.43 bits per heavy atom. The predicted molar refractivity (Wildman–Crippen MR) is 108 cm³/mol. The third-order valence-electron chi connectivity index (χ3n) is 3.86. The maximum absolute atomic E-state index is 14.1. The SMILES string of the molecule is COc1ccc(OC(F)C(=O)Nc2ncc(-c3cc(OC)cc([N+](=O)[O-])c3)s2)cc1. The first-order valence-electron chi connectivity index (χ1n) is 8.45. The molecule has 0 fully saturated rings. The Morgan fingerprint density at radius 2 is 1.80 bits per heavy atom. The van der Waals surface area contributed by atoms with Crippen LogP contribution in [0.15, 0.2) is 48.7 Å².